The number of carbonyl (C=O) groups excluding carboxylic acids is 2. The fraction of sp³-hybridized carbons (Fsp3) is 0.333. The molecule has 1 heterocycles. The van der Waals surface area contributed by atoms with E-state index in [0.29, 0.717) is 26.2 Å². The van der Waals surface area contributed by atoms with E-state index in [1.165, 1.54) is 12.1 Å². The van der Waals surface area contributed by atoms with E-state index in [1.807, 2.05) is 62.5 Å². The summed E-state index contributed by atoms with van der Waals surface area (Å²) < 4.78 is 13.4. The fourth-order valence-electron chi connectivity index (χ4n) is 3.59. The second-order valence-electron chi connectivity index (χ2n) is 8.82. The van der Waals surface area contributed by atoms with E-state index in [9.17, 15) is 14.0 Å². The first kappa shape index (κ1) is 25.4. The van der Waals surface area contributed by atoms with E-state index in [-0.39, 0.29) is 30.2 Å². The van der Waals surface area contributed by atoms with E-state index < -0.39 is 0 Å². The van der Waals surface area contributed by atoms with Crippen LogP contribution in [0.3, 0.4) is 0 Å². The van der Waals surface area contributed by atoms with Crippen molar-refractivity contribution in [2.24, 2.45) is 5.92 Å². The molecule has 0 saturated heterocycles. The molecule has 0 saturated carbocycles. The number of thiophene rings is 1. The van der Waals surface area contributed by atoms with Gasteiger partial charge in [0.1, 0.15) is 12.4 Å². The summed E-state index contributed by atoms with van der Waals surface area (Å²) in [5.74, 6) is -0.248. The number of nitrogens with one attached hydrogen (secondary N) is 1. The zero-order valence-electron chi connectivity index (χ0n) is 20.0. The summed E-state index contributed by atoms with van der Waals surface area (Å²) in [7, 11) is 0. The summed E-state index contributed by atoms with van der Waals surface area (Å²) >= 11 is 1.60. The van der Waals surface area contributed by atoms with Gasteiger partial charge in [0.15, 0.2) is 0 Å². The third-order valence-corrected chi connectivity index (χ3v) is 6.44. The third-order valence-electron chi connectivity index (χ3n) is 5.43. The first-order valence-electron chi connectivity index (χ1n) is 11.4. The highest BCUT2D eigenvalue weighted by atomic mass is 32.1. The van der Waals surface area contributed by atoms with Crippen LogP contribution in [0, 0.1) is 18.7 Å². The van der Waals surface area contributed by atoms with E-state index >= 15 is 0 Å². The Bertz CT molecular complexity index is 1070. The summed E-state index contributed by atoms with van der Waals surface area (Å²) in [6.07, 6.45) is 0. The maximum Gasteiger partial charge on any atom is 0.318 e. The van der Waals surface area contributed by atoms with Crippen LogP contribution in [0.5, 0.6) is 0 Å². The number of amides is 3. The molecule has 1 N–H and O–H groups in total. The van der Waals surface area contributed by atoms with Crippen LogP contribution in [0.4, 0.5) is 9.18 Å². The molecule has 0 aliphatic carbocycles. The summed E-state index contributed by atoms with van der Waals surface area (Å²) in [4.78, 5) is 30.9. The van der Waals surface area contributed by atoms with Crippen molar-refractivity contribution in [3.05, 3.63) is 93.4 Å². The number of carbonyl (C=O) groups is 2. The van der Waals surface area contributed by atoms with Crippen molar-refractivity contribution in [1.82, 2.24) is 15.1 Å². The topological polar surface area (TPSA) is 52.7 Å². The number of aryl methyl sites for hydroxylation is 1. The highest BCUT2D eigenvalue weighted by Gasteiger charge is 2.23. The average molecular weight is 482 g/mol. The highest BCUT2D eigenvalue weighted by Crippen LogP contribution is 2.20. The average Bonchev–Trinajstić information content (AvgIpc) is 3.22. The summed E-state index contributed by atoms with van der Waals surface area (Å²) in [6.45, 7) is 7.70. The van der Waals surface area contributed by atoms with Crippen LogP contribution < -0.4 is 5.32 Å². The van der Waals surface area contributed by atoms with Gasteiger partial charge < -0.3 is 15.1 Å². The fourth-order valence-corrected chi connectivity index (χ4v) is 4.51. The molecule has 1 aromatic heterocycles. The number of hydrogen-bond acceptors (Lipinski definition) is 3. The van der Waals surface area contributed by atoms with Gasteiger partial charge in [0.05, 0.1) is 6.54 Å². The maximum absolute atomic E-state index is 13.5. The van der Waals surface area contributed by atoms with Crippen LogP contribution in [0.1, 0.15) is 35.4 Å². The van der Waals surface area contributed by atoms with E-state index in [2.05, 4.69) is 5.32 Å². The van der Waals surface area contributed by atoms with Crippen LogP contribution in [0.15, 0.2) is 66.0 Å². The number of urea groups is 1. The highest BCUT2D eigenvalue weighted by molar-refractivity contribution is 7.10. The van der Waals surface area contributed by atoms with Gasteiger partial charge in [-0.25, -0.2) is 9.18 Å². The Kier molecular flexibility index (Phi) is 9.22. The minimum atomic E-state index is -0.311. The molecule has 180 valence electrons. The van der Waals surface area contributed by atoms with Gasteiger partial charge in [-0.1, -0.05) is 56.3 Å². The van der Waals surface area contributed by atoms with Gasteiger partial charge in [-0.05, 0) is 53.1 Å². The first-order chi connectivity index (χ1) is 16.3. The molecule has 0 radical (unpaired) electrons. The lowest BCUT2D eigenvalue weighted by Gasteiger charge is -2.29. The van der Waals surface area contributed by atoms with Gasteiger partial charge in [-0.15, -0.1) is 11.3 Å². The summed E-state index contributed by atoms with van der Waals surface area (Å²) in [5.41, 5.74) is 2.97. The molecule has 0 aliphatic heterocycles. The van der Waals surface area contributed by atoms with Crippen LogP contribution >= 0.6 is 11.3 Å². The monoisotopic (exact) mass is 481 g/mol. The Labute approximate surface area is 205 Å². The van der Waals surface area contributed by atoms with Gasteiger partial charge in [-0.2, -0.15) is 0 Å². The molecule has 0 atom stereocenters. The Morgan fingerprint density at radius 1 is 0.941 bits per heavy atom. The summed E-state index contributed by atoms with van der Waals surface area (Å²) in [5, 5.41) is 4.94. The van der Waals surface area contributed by atoms with Crippen LogP contribution in [-0.2, 0) is 24.4 Å². The Hall–Kier alpha value is -3.19. The number of halogens is 1. The van der Waals surface area contributed by atoms with Gasteiger partial charge in [0, 0.05) is 24.5 Å². The second-order valence-corrected chi connectivity index (χ2v) is 9.82. The predicted octanol–water partition coefficient (Wildman–Crippen LogP) is 5.59. The molecular formula is C27H32FN3O2S. The number of hydrogen-bond donors (Lipinski definition) is 1. The van der Waals surface area contributed by atoms with Crippen LogP contribution in [0.25, 0.3) is 0 Å². The molecule has 34 heavy (non-hydrogen) atoms. The smallest absolute Gasteiger partial charge is 0.318 e. The predicted molar refractivity (Wildman–Crippen MR) is 135 cm³/mol. The van der Waals surface area contributed by atoms with Gasteiger partial charge in [0.2, 0.25) is 5.91 Å². The standard InChI is InChI=1S/C27H32FN3O2S/c1-20(2)16-31(27(33)29-15-22-7-5-4-6-8-22)19-26(32)30(18-25-21(3)13-14-34-25)17-23-9-11-24(28)12-10-23/h4-14,20H,15-19H2,1-3H3,(H,29,33). The van der Waals surface area contributed by atoms with Gasteiger partial charge in [0.25, 0.3) is 0 Å². The van der Waals surface area contributed by atoms with E-state index in [1.54, 1.807) is 33.3 Å². The van der Waals surface area contributed by atoms with Crippen molar-refractivity contribution >= 4 is 23.3 Å². The van der Waals surface area contributed by atoms with Crippen molar-refractivity contribution in [3.8, 4) is 0 Å². The van der Waals surface area contributed by atoms with E-state index in [4.69, 9.17) is 0 Å². The molecule has 0 aliphatic rings. The lowest BCUT2D eigenvalue weighted by atomic mass is 10.2. The molecule has 0 spiro atoms. The van der Waals surface area contributed by atoms with Crippen LogP contribution in [-0.4, -0.2) is 34.8 Å². The SMILES string of the molecule is Cc1ccsc1CN(Cc1ccc(F)cc1)C(=O)CN(CC(C)C)C(=O)NCc1ccccc1. The molecule has 0 unspecified atom stereocenters. The molecule has 5 nitrogen and oxygen atoms in total. The zero-order chi connectivity index (χ0) is 24.5. The second kappa shape index (κ2) is 12.3. The quantitative estimate of drug-likeness (QED) is 0.410. The third kappa shape index (κ3) is 7.70. The number of rotatable bonds is 10. The van der Waals surface area contributed by atoms with Crippen molar-refractivity contribution in [2.75, 3.05) is 13.1 Å². The molecule has 3 aromatic rings. The lowest BCUT2D eigenvalue weighted by Crippen LogP contribution is -2.47. The van der Waals surface area contributed by atoms with Gasteiger partial charge in [-0.3, -0.25) is 4.79 Å². The molecule has 7 heteroatoms. The minimum Gasteiger partial charge on any atom is -0.334 e. The zero-order valence-corrected chi connectivity index (χ0v) is 20.8. The molecule has 3 rings (SSSR count). The van der Waals surface area contributed by atoms with Gasteiger partial charge >= 0.3 is 6.03 Å². The molecule has 2 aromatic carbocycles. The molecule has 0 bridgehead atoms. The van der Waals surface area contributed by atoms with Crippen molar-refractivity contribution in [1.29, 1.82) is 0 Å². The van der Waals surface area contributed by atoms with Crippen molar-refractivity contribution in [2.45, 2.75) is 40.4 Å². The lowest BCUT2D eigenvalue weighted by molar-refractivity contribution is -0.133. The largest absolute Gasteiger partial charge is 0.334 e. The Morgan fingerprint density at radius 3 is 2.26 bits per heavy atom. The maximum atomic E-state index is 13.5. The van der Waals surface area contributed by atoms with Crippen LogP contribution in [0.2, 0.25) is 0 Å². The molecule has 3 amide bonds. The Morgan fingerprint density at radius 2 is 1.65 bits per heavy atom. The summed E-state index contributed by atoms with van der Waals surface area (Å²) in [6, 6.07) is 17.6. The Balaban J connectivity index is 1.73. The minimum absolute atomic E-state index is 0.0234. The normalized spacial score (nSPS) is 10.9. The van der Waals surface area contributed by atoms with Crippen molar-refractivity contribution < 1.29 is 14.0 Å². The number of nitrogens with zero attached hydrogens (tertiary/aromatic N) is 2. The first-order valence-corrected chi connectivity index (χ1v) is 12.3. The molecule has 0 fully saturated rings. The van der Waals surface area contributed by atoms with E-state index in [0.717, 1.165) is 21.6 Å². The number of benzene rings is 2. The molecular weight excluding hydrogens is 449 g/mol. The van der Waals surface area contributed by atoms with Crippen molar-refractivity contribution in [3.63, 3.8) is 0 Å².